The third-order valence-electron chi connectivity index (χ3n) is 12.6. The zero-order chi connectivity index (χ0) is 41.6. The first-order valence-electron chi connectivity index (χ1n) is 20.2. The fourth-order valence-corrected chi connectivity index (χ4v) is 9.13. The number of aryl methyl sites for hydroxylation is 1. The summed E-state index contributed by atoms with van der Waals surface area (Å²) >= 11 is 0. The molecule has 15 nitrogen and oxygen atoms in total. The van der Waals surface area contributed by atoms with E-state index in [-0.39, 0.29) is 29.7 Å². The molecule has 0 bridgehead atoms. The van der Waals surface area contributed by atoms with Crippen LogP contribution in [0.3, 0.4) is 0 Å². The minimum absolute atomic E-state index is 0.0446. The van der Waals surface area contributed by atoms with E-state index in [0.717, 1.165) is 91.1 Å². The van der Waals surface area contributed by atoms with Crippen molar-refractivity contribution < 1.29 is 33.4 Å². The van der Waals surface area contributed by atoms with Crippen LogP contribution in [0.5, 0.6) is 11.5 Å². The first-order chi connectivity index (χ1) is 28.4. The highest BCUT2D eigenvalue weighted by Crippen LogP contribution is 2.44. The lowest BCUT2D eigenvalue weighted by Gasteiger charge is -2.55. The van der Waals surface area contributed by atoms with Gasteiger partial charge in [0, 0.05) is 75.3 Å². The van der Waals surface area contributed by atoms with Gasteiger partial charge in [0.05, 0.1) is 42.8 Å². The summed E-state index contributed by atoms with van der Waals surface area (Å²) in [4.78, 5) is 88.1. The molecule has 0 aliphatic carbocycles. The molecule has 1 unspecified atom stereocenters. The predicted octanol–water partition coefficient (Wildman–Crippen LogP) is 3.75. The predicted molar refractivity (Wildman–Crippen MR) is 219 cm³/mol. The molecule has 3 fully saturated rings. The van der Waals surface area contributed by atoms with E-state index in [4.69, 9.17) is 9.47 Å². The number of benzene rings is 2. The maximum atomic E-state index is 13.3. The van der Waals surface area contributed by atoms with Gasteiger partial charge in [0.15, 0.2) is 0 Å². The number of likely N-dealkylation sites (tertiary alicyclic amines) is 1. The van der Waals surface area contributed by atoms with Crippen LogP contribution in [-0.4, -0.2) is 114 Å². The molecular weight excluding hydrogens is 755 g/mol. The van der Waals surface area contributed by atoms with E-state index < -0.39 is 29.7 Å². The maximum Gasteiger partial charge on any atom is 0.262 e. The monoisotopic (exact) mass is 803 g/mol. The van der Waals surface area contributed by atoms with Crippen LogP contribution in [0.2, 0.25) is 0 Å². The molecule has 8 rings (SSSR count). The number of nitrogens with zero attached hydrogens (tertiary/aromatic N) is 6. The topological polar surface area (TPSA) is 164 Å². The number of methoxy groups -OCH3 is 2. The summed E-state index contributed by atoms with van der Waals surface area (Å²) in [7, 11) is 6.70. The number of aromatic nitrogens is 2. The summed E-state index contributed by atoms with van der Waals surface area (Å²) in [5.74, 6) is -0.773. The number of anilines is 1. The Morgan fingerprint density at radius 2 is 1.63 bits per heavy atom. The quantitative estimate of drug-likeness (QED) is 0.164. The summed E-state index contributed by atoms with van der Waals surface area (Å²) in [6, 6.07) is 9.99. The number of nitrogens with one attached hydrogen (secondary N) is 1. The van der Waals surface area contributed by atoms with Crippen molar-refractivity contribution in [3.05, 3.63) is 82.0 Å². The lowest BCUT2D eigenvalue weighted by Crippen LogP contribution is -2.60. The van der Waals surface area contributed by atoms with Gasteiger partial charge in [-0.2, -0.15) is 0 Å². The zero-order valence-corrected chi connectivity index (χ0v) is 33.9. The fraction of sp³-hybridized carbons (Fsp3) is 0.432. The number of pyridine rings is 2. The second-order valence-corrected chi connectivity index (χ2v) is 16.3. The molecular formula is C44H49N7O8. The minimum Gasteiger partial charge on any atom is -0.496 e. The zero-order valence-electron chi connectivity index (χ0n) is 33.9. The molecule has 59 heavy (non-hydrogen) atoms. The highest BCUT2D eigenvalue weighted by Gasteiger charge is 2.47. The van der Waals surface area contributed by atoms with Crippen molar-refractivity contribution in [1.29, 1.82) is 0 Å². The molecule has 2 aromatic carbocycles. The summed E-state index contributed by atoms with van der Waals surface area (Å²) < 4.78 is 13.2. The number of unbranched alkanes of at least 4 members (excludes halogenated alkanes) is 1. The third-order valence-corrected chi connectivity index (χ3v) is 12.6. The molecule has 1 spiro atoms. The molecule has 15 heteroatoms. The first kappa shape index (κ1) is 39.7. The summed E-state index contributed by atoms with van der Waals surface area (Å²) in [6.07, 6.45) is 9.52. The molecule has 1 N–H and O–H groups in total. The number of piperidine rings is 2. The molecule has 4 aliphatic heterocycles. The normalized spacial score (nSPS) is 18.9. The van der Waals surface area contributed by atoms with Gasteiger partial charge < -0.3 is 28.7 Å². The molecule has 1 atom stereocenters. The number of hydrogen-bond donors (Lipinski definition) is 1. The number of rotatable bonds is 12. The molecule has 2 aromatic heterocycles. The largest absolute Gasteiger partial charge is 0.496 e. The lowest BCUT2D eigenvalue weighted by atomic mass is 9.71. The Bertz CT molecular complexity index is 2400. The number of ether oxygens (including phenoxy) is 2. The van der Waals surface area contributed by atoms with Gasteiger partial charge in [-0.1, -0.05) is 0 Å². The van der Waals surface area contributed by atoms with Crippen LogP contribution in [0.1, 0.15) is 71.2 Å². The molecule has 0 saturated carbocycles. The minimum atomic E-state index is -0.978. The van der Waals surface area contributed by atoms with Gasteiger partial charge in [-0.25, -0.2) is 0 Å². The fourth-order valence-electron chi connectivity index (χ4n) is 9.13. The van der Waals surface area contributed by atoms with Gasteiger partial charge in [-0.3, -0.25) is 44.0 Å². The molecule has 308 valence electrons. The van der Waals surface area contributed by atoms with Crippen LogP contribution in [0.15, 0.2) is 59.8 Å². The van der Waals surface area contributed by atoms with E-state index >= 15 is 0 Å². The standard InChI is InChI=1S/C44H49N7O8/c1-47(24-34-36(58-3)19-27(20-37(34)59-4)33-23-48(2)41(55)32-22-45-15-12-29(32)33)39(53)7-5-6-16-49-17-13-44(14-18-49)25-50(26-44)28-8-9-30-31(21-28)43(57)51(42(30)56)35-10-11-38(52)46-40(35)54/h8-9,12,15,19-23,35H,5-7,10-11,13-14,16-18,24-26H2,1-4H3,(H,46,52,54). The Hall–Kier alpha value is -6.09. The molecule has 4 aromatic rings. The maximum absolute atomic E-state index is 13.3. The van der Waals surface area contributed by atoms with Crippen molar-refractivity contribution in [3.63, 3.8) is 0 Å². The lowest BCUT2D eigenvalue weighted by molar-refractivity contribution is -0.136. The number of carbonyl (C=O) groups excluding carboxylic acids is 5. The summed E-state index contributed by atoms with van der Waals surface area (Å²) in [6.45, 7) is 4.97. The smallest absolute Gasteiger partial charge is 0.262 e. The number of imide groups is 2. The molecule has 6 heterocycles. The Morgan fingerprint density at radius 3 is 2.32 bits per heavy atom. The van der Waals surface area contributed by atoms with Gasteiger partial charge in [-0.05, 0) is 99.1 Å². The van der Waals surface area contributed by atoms with Crippen LogP contribution in [0.25, 0.3) is 21.9 Å². The highest BCUT2D eigenvalue weighted by molar-refractivity contribution is 6.23. The third kappa shape index (κ3) is 7.43. The Kier molecular flexibility index (Phi) is 10.7. The van der Waals surface area contributed by atoms with E-state index in [1.165, 1.54) is 0 Å². The van der Waals surface area contributed by atoms with Crippen molar-refractivity contribution in [1.82, 2.24) is 29.6 Å². The Morgan fingerprint density at radius 1 is 0.915 bits per heavy atom. The molecule has 4 aliphatic rings. The number of amides is 5. The molecule has 5 amide bonds. The van der Waals surface area contributed by atoms with Crippen molar-refractivity contribution in [2.45, 2.75) is 57.5 Å². The SMILES string of the molecule is COc1cc(-c2cn(C)c(=O)c3cnccc23)cc(OC)c1CN(C)C(=O)CCCCN1CCC2(CC1)CN(c1ccc3c(c1)C(=O)N(C1CCC(=O)NC1=O)C3=O)C2. The van der Waals surface area contributed by atoms with Crippen molar-refractivity contribution in [2.75, 3.05) is 58.9 Å². The van der Waals surface area contributed by atoms with Crippen LogP contribution in [0, 0.1) is 5.41 Å². The number of fused-ring (bicyclic) bond motifs is 2. The van der Waals surface area contributed by atoms with E-state index in [1.807, 2.05) is 24.3 Å². The van der Waals surface area contributed by atoms with E-state index in [2.05, 4.69) is 20.1 Å². The van der Waals surface area contributed by atoms with Gasteiger partial charge >= 0.3 is 0 Å². The average molecular weight is 804 g/mol. The second kappa shape index (κ2) is 15.9. The van der Waals surface area contributed by atoms with Crippen molar-refractivity contribution >= 4 is 46.0 Å². The van der Waals surface area contributed by atoms with Crippen molar-refractivity contribution in [3.8, 4) is 22.6 Å². The second-order valence-electron chi connectivity index (χ2n) is 16.3. The summed E-state index contributed by atoms with van der Waals surface area (Å²) in [5.41, 5.74) is 3.98. The van der Waals surface area contributed by atoms with Crippen LogP contribution >= 0.6 is 0 Å². The highest BCUT2D eigenvalue weighted by atomic mass is 16.5. The average Bonchev–Trinajstić information content (AvgIpc) is 3.47. The molecule has 3 saturated heterocycles. The van der Waals surface area contributed by atoms with Crippen LogP contribution in [0.4, 0.5) is 5.69 Å². The van der Waals surface area contributed by atoms with E-state index in [9.17, 15) is 28.8 Å². The van der Waals surface area contributed by atoms with Crippen LogP contribution in [-0.2, 0) is 28.0 Å². The Balaban J connectivity index is 0.801. The van der Waals surface area contributed by atoms with E-state index in [0.29, 0.717) is 41.0 Å². The van der Waals surface area contributed by atoms with Gasteiger partial charge in [0.25, 0.3) is 17.4 Å². The van der Waals surface area contributed by atoms with Gasteiger partial charge in [0.1, 0.15) is 17.5 Å². The van der Waals surface area contributed by atoms with Crippen LogP contribution < -0.4 is 25.2 Å². The van der Waals surface area contributed by atoms with E-state index in [1.54, 1.807) is 68.5 Å². The number of carbonyl (C=O) groups is 5. The van der Waals surface area contributed by atoms with Crippen molar-refractivity contribution in [2.24, 2.45) is 12.5 Å². The Labute approximate surface area is 341 Å². The van der Waals surface area contributed by atoms with Gasteiger partial charge in [0.2, 0.25) is 17.7 Å². The first-order valence-corrected chi connectivity index (χ1v) is 20.2. The summed E-state index contributed by atoms with van der Waals surface area (Å²) in [5, 5.41) is 3.54. The number of hydrogen-bond acceptors (Lipinski definition) is 11. The molecule has 0 radical (unpaired) electrons. The van der Waals surface area contributed by atoms with Gasteiger partial charge in [-0.15, -0.1) is 0 Å².